The molecule has 3 nitrogen and oxygen atoms in total. The minimum absolute atomic E-state index is 0.885. The van der Waals surface area contributed by atoms with Gasteiger partial charge in [-0.2, -0.15) is 0 Å². The molecule has 0 saturated carbocycles. The number of fused-ring (bicyclic) bond motifs is 10. The van der Waals surface area contributed by atoms with Crippen LogP contribution in [0.1, 0.15) is 0 Å². The minimum Gasteiger partial charge on any atom is -0.308 e. The van der Waals surface area contributed by atoms with Crippen molar-refractivity contribution < 1.29 is 0 Å². The molecule has 0 aliphatic carbocycles. The van der Waals surface area contributed by atoms with Gasteiger partial charge in [0.05, 0.1) is 39.1 Å². The normalized spacial score (nSPS) is 11.8. The Morgan fingerprint density at radius 2 is 0.894 bits per heavy atom. The molecule has 0 unspecified atom stereocenters. The summed E-state index contributed by atoms with van der Waals surface area (Å²) in [5.74, 6) is 0. The summed E-state index contributed by atoms with van der Waals surface area (Å²) < 4.78 is 2.48. The molecule has 2 heterocycles. The Morgan fingerprint density at radius 1 is 0.362 bits per heavy atom. The van der Waals surface area contributed by atoms with Crippen molar-refractivity contribution in [3.63, 3.8) is 0 Å². The number of rotatable bonds is 3. The summed E-state index contributed by atoms with van der Waals surface area (Å²) in [4.78, 5) is 10.4. The van der Waals surface area contributed by atoms with Crippen molar-refractivity contribution in [2.45, 2.75) is 0 Å². The first kappa shape index (κ1) is 26.0. The zero-order valence-corrected chi connectivity index (χ0v) is 25.4. The zero-order chi connectivity index (χ0) is 30.9. The molecule has 10 rings (SSSR count). The first-order valence-corrected chi connectivity index (χ1v) is 16.0. The topological polar surface area (TPSA) is 30.7 Å². The summed E-state index contributed by atoms with van der Waals surface area (Å²) in [6, 6.07) is 58.3. The number of nitrogens with zero attached hydrogens (tertiary/aromatic N) is 3. The molecule has 47 heavy (non-hydrogen) atoms. The molecule has 0 aliphatic rings. The van der Waals surface area contributed by atoms with Crippen LogP contribution in [-0.2, 0) is 0 Å². The van der Waals surface area contributed by atoms with E-state index in [-0.39, 0.29) is 0 Å². The van der Waals surface area contributed by atoms with Gasteiger partial charge in [-0.15, -0.1) is 0 Å². The third kappa shape index (κ3) is 3.81. The van der Waals surface area contributed by atoms with Crippen molar-refractivity contribution in [2.24, 2.45) is 0 Å². The molecule has 10 aromatic rings. The van der Waals surface area contributed by atoms with Crippen LogP contribution in [0.25, 0.3) is 93.4 Å². The SMILES string of the molecule is c1ccc(-c2nc3ccccc3nc2-c2ccc(-n3c4ccccc4c4c5ccccc5c5ccccc5c43)c3ccccc23)cc1. The molecular weight excluding hydrogens is 571 g/mol. The Balaban J connectivity index is 1.34. The first-order valence-electron chi connectivity index (χ1n) is 16.0. The number of hydrogen-bond donors (Lipinski definition) is 0. The molecule has 0 aliphatic heterocycles. The monoisotopic (exact) mass is 597 g/mol. The van der Waals surface area contributed by atoms with Crippen LogP contribution in [0.15, 0.2) is 164 Å². The molecule has 0 amide bonds. The highest BCUT2D eigenvalue weighted by Gasteiger charge is 2.22. The average molecular weight is 598 g/mol. The van der Waals surface area contributed by atoms with Crippen LogP contribution in [0.5, 0.6) is 0 Å². The maximum atomic E-state index is 5.27. The van der Waals surface area contributed by atoms with Gasteiger partial charge in [-0.05, 0) is 51.9 Å². The molecule has 0 saturated heterocycles. The van der Waals surface area contributed by atoms with Crippen LogP contribution in [0.4, 0.5) is 0 Å². The van der Waals surface area contributed by atoms with E-state index < -0.39 is 0 Å². The molecular formula is C44H27N3. The van der Waals surface area contributed by atoms with Crippen LogP contribution in [0.3, 0.4) is 0 Å². The van der Waals surface area contributed by atoms with E-state index in [0.29, 0.717) is 0 Å². The van der Waals surface area contributed by atoms with Gasteiger partial charge in [0.25, 0.3) is 0 Å². The highest BCUT2D eigenvalue weighted by molar-refractivity contribution is 6.32. The first-order chi connectivity index (χ1) is 23.3. The number of para-hydroxylation sites is 3. The molecule has 8 aromatic carbocycles. The molecule has 2 aromatic heterocycles. The largest absolute Gasteiger partial charge is 0.308 e. The number of benzene rings is 8. The second kappa shape index (κ2) is 10.1. The maximum Gasteiger partial charge on any atom is 0.0979 e. The summed E-state index contributed by atoms with van der Waals surface area (Å²) >= 11 is 0. The van der Waals surface area contributed by atoms with E-state index in [1.165, 1.54) is 48.7 Å². The van der Waals surface area contributed by atoms with Gasteiger partial charge in [0, 0.05) is 32.7 Å². The minimum atomic E-state index is 0.885. The Bertz CT molecular complexity index is 2850. The van der Waals surface area contributed by atoms with Crippen LogP contribution in [0.2, 0.25) is 0 Å². The van der Waals surface area contributed by atoms with Gasteiger partial charge >= 0.3 is 0 Å². The molecule has 3 heteroatoms. The summed E-state index contributed by atoms with van der Waals surface area (Å²) in [5.41, 5.74) is 9.23. The summed E-state index contributed by atoms with van der Waals surface area (Å²) in [7, 11) is 0. The Kier molecular flexibility index (Phi) is 5.57. The molecule has 0 bridgehead atoms. The molecule has 0 radical (unpaired) electrons. The van der Waals surface area contributed by atoms with E-state index in [2.05, 4.69) is 138 Å². The molecule has 0 atom stereocenters. The molecule has 218 valence electrons. The van der Waals surface area contributed by atoms with E-state index in [4.69, 9.17) is 9.97 Å². The predicted octanol–water partition coefficient (Wildman–Crippen LogP) is 11.5. The lowest BCUT2D eigenvalue weighted by molar-refractivity contribution is 1.20. The Morgan fingerprint density at radius 3 is 1.64 bits per heavy atom. The van der Waals surface area contributed by atoms with Gasteiger partial charge in [-0.1, -0.05) is 133 Å². The lowest BCUT2D eigenvalue weighted by Crippen LogP contribution is -1.99. The lowest BCUT2D eigenvalue weighted by Gasteiger charge is -2.17. The zero-order valence-electron chi connectivity index (χ0n) is 25.4. The Hall–Kier alpha value is -6.32. The third-order valence-corrected chi connectivity index (χ3v) is 9.56. The molecule has 0 N–H and O–H groups in total. The Labute approximate surface area is 271 Å². The van der Waals surface area contributed by atoms with Crippen molar-refractivity contribution in [3.05, 3.63) is 164 Å². The fourth-order valence-electron chi connectivity index (χ4n) is 7.55. The van der Waals surface area contributed by atoms with Gasteiger partial charge in [0.15, 0.2) is 0 Å². The summed E-state index contributed by atoms with van der Waals surface area (Å²) in [6.45, 7) is 0. The molecule has 0 fully saturated rings. The number of aromatic nitrogens is 3. The van der Waals surface area contributed by atoms with E-state index in [1.807, 2.05) is 30.3 Å². The van der Waals surface area contributed by atoms with Gasteiger partial charge < -0.3 is 4.57 Å². The highest BCUT2D eigenvalue weighted by atomic mass is 15.0. The fraction of sp³-hybridized carbons (Fsp3) is 0. The van der Waals surface area contributed by atoms with Crippen LogP contribution < -0.4 is 0 Å². The van der Waals surface area contributed by atoms with E-state index in [0.717, 1.165) is 44.6 Å². The second-order valence-electron chi connectivity index (χ2n) is 12.1. The van der Waals surface area contributed by atoms with E-state index >= 15 is 0 Å². The quantitative estimate of drug-likeness (QED) is 0.190. The predicted molar refractivity (Wildman–Crippen MR) is 197 cm³/mol. The van der Waals surface area contributed by atoms with E-state index in [1.54, 1.807) is 0 Å². The molecule has 0 spiro atoms. The highest BCUT2D eigenvalue weighted by Crippen LogP contribution is 2.44. The van der Waals surface area contributed by atoms with Crippen molar-refractivity contribution in [1.29, 1.82) is 0 Å². The van der Waals surface area contributed by atoms with Crippen LogP contribution in [0, 0.1) is 0 Å². The van der Waals surface area contributed by atoms with Crippen LogP contribution in [-0.4, -0.2) is 14.5 Å². The van der Waals surface area contributed by atoms with Gasteiger partial charge in [0.1, 0.15) is 0 Å². The fourth-order valence-corrected chi connectivity index (χ4v) is 7.55. The van der Waals surface area contributed by atoms with Crippen molar-refractivity contribution >= 4 is 65.2 Å². The smallest absolute Gasteiger partial charge is 0.0979 e. The lowest BCUT2D eigenvalue weighted by atomic mass is 9.96. The van der Waals surface area contributed by atoms with Crippen molar-refractivity contribution in [1.82, 2.24) is 14.5 Å². The number of hydrogen-bond acceptors (Lipinski definition) is 2. The second-order valence-corrected chi connectivity index (χ2v) is 12.1. The van der Waals surface area contributed by atoms with Gasteiger partial charge in [-0.25, -0.2) is 9.97 Å². The van der Waals surface area contributed by atoms with Gasteiger partial charge in [-0.3, -0.25) is 0 Å². The van der Waals surface area contributed by atoms with Crippen LogP contribution >= 0.6 is 0 Å². The third-order valence-electron chi connectivity index (χ3n) is 9.56. The van der Waals surface area contributed by atoms with Crippen molar-refractivity contribution in [2.75, 3.05) is 0 Å². The van der Waals surface area contributed by atoms with Gasteiger partial charge in [0.2, 0.25) is 0 Å². The van der Waals surface area contributed by atoms with Crippen molar-refractivity contribution in [3.8, 4) is 28.2 Å². The maximum absolute atomic E-state index is 5.27. The average Bonchev–Trinajstić information content (AvgIpc) is 3.50. The standard InChI is InChI=1S/C44H27N3/c1-2-14-28(15-3-1)42-43(46-38-24-12-11-23-37(38)45-42)34-26-27-40(32-19-7-4-18-31(32)34)47-39-25-13-10-22-36(39)41-33-20-8-5-16-29(33)30-17-6-9-21-35(30)44(41)47/h1-27H. The summed E-state index contributed by atoms with van der Waals surface area (Å²) in [6.07, 6.45) is 0. The van der Waals surface area contributed by atoms with E-state index in [9.17, 15) is 0 Å². The summed E-state index contributed by atoms with van der Waals surface area (Å²) in [5, 5.41) is 9.91.